The van der Waals surface area contributed by atoms with Gasteiger partial charge in [0.25, 0.3) is 0 Å². The van der Waals surface area contributed by atoms with Crippen LogP contribution in [0, 0.1) is 11.6 Å². The van der Waals surface area contributed by atoms with Gasteiger partial charge in [0, 0.05) is 22.8 Å². The zero-order chi connectivity index (χ0) is 19.1. The van der Waals surface area contributed by atoms with Crippen LogP contribution in [-0.4, -0.2) is 24.9 Å². The molecule has 8 heteroatoms. The Hall–Kier alpha value is -2.51. The Morgan fingerprint density at radius 1 is 1.04 bits per heavy atom. The number of halogens is 3. The molecule has 2 amide bonds. The largest absolute Gasteiger partial charge is 0.346 e. The van der Waals surface area contributed by atoms with Crippen molar-refractivity contribution < 1.29 is 18.4 Å². The van der Waals surface area contributed by atoms with Crippen molar-refractivity contribution in [1.29, 1.82) is 0 Å². The maximum absolute atomic E-state index is 13.1. The molecule has 2 rings (SSSR count). The highest BCUT2D eigenvalue weighted by atomic mass is 35.5. The monoisotopic (exact) mass is 381 g/mol. The lowest BCUT2D eigenvalue weighted by atomic mass is 10.1. The van der Waals surface area contributed by atoms with Gasteiger partial charge in [-0.05, 0) is 36.8 Å². The second-order valence-electron chi connectivity index (χ2n) is 5.61. The molecule has 2 aromatic carbocycles. The van der Waals surface area contributed by atoms with Crippen molar-refractivity contribution in [1.82, 2.24) is 10.6 Å². The zero-order valence-electron chi connectivity index (χ0n) is 14.0. The Bertz CT molecular complexity index is 802. The molecule has 1 atom stereocenters. The molecule has 0 saturated heterocycles. The summed E-state index contributed by atoms with van der Waals surface area (Å²) < 4.78 is 25.9. The van der Waals surface area contributed by atoms with Crippen LogP contribution in [0.3, 0.4) is 0 Å². The third-order valence-electron chi connectivity index (χ3n) is 3.57. The first-order valence-electron chi connectivity index (χ1n) is 7.85. The molecule has 0 aliphatic rings. The Kier molecular flexibility index (Phi) is 7.06. The van der Waals surface area contributed by atoms with E-state index in [2.05, 4.69) is 16.0 Å². The standard InChI is InChI=1S/C18H18ClF2N3O2/c1-11(12-3-2-4-13(19)7-12)22-9-17(25)23-10-18(26)24-14-5-6-15(20)16(21)8-14/h2-8,11,22H,9-10H2,1H3,(H,23,25)(H,24,26)/t11-/m1/s1. The van der Waals surface area contributed by atoms with E-state index in [0.717, 1.165) is 17.7 Å². The van der Waals surface area contributed by atoms with Crippen molar-refractivity contribution >= 4 is 29.1 Å². The van der Waals surface area contributed by atoms with Crippen molar-refractivity contribution in [2.75, 3.05) is 18.4 Å². The average Bonchev–Trinajstić information content (AvgIpc) is 2.61. The number of anilines is 1. The van der Waals surface area contributed by atoms with E-state index in [1.807, 2.05) is 19.1 Å². The molecule has 0 unspecified atom stereocenters. The second kappa shape index (κ2) is 9.26. The van der Waals surface area contributed by atoms with Crippen molar-refractivity contribution in [3.63, 3.8) is 0 Å². The van der Waals surface area contributed by atoms with Gasteiger partial charge < -0.3 is 16.0 Å². The summed E-state index contributed by atoms with van der Waals surface area (Å²) in [7, 11) is 0. The van der Waals surface area contributed by atoms with Gasteiger partial charge in [0.05, 0.1) is 13.1 Å². The number of hydrogen-bond donors (Lipinski definition) is 3. The van der Waals surface area contributed by atoms with Gasteiger partial charge in [-0.2, -0.15) is 0 Å². The fourth-order valence-corrected chi connectivity index (χ4v) is 2.36. The first-order chi connectivity index (χ1) is 12.3. The van der Waals surface area contributed by atoms with Crippen molar-refractivity contribution in [2.45, 2.75) is 13.0 Å². The lowest BCUT2D eigenvalue weighted by Crippen LogP contribution is -2.39. The Morgan fingerprint density at radius 3 is 2.50 bits per heavy atom. The summed E-state index contributed by atoms with van der Waals surface area (Å²) in [6, 6.07) is 10.2. The van der Waals surface area contributed by atoms with E-state index in [-0.39, 0.29) is 30.7 Å². The minimum atomic E-state index is -1.06. The molecule has 0 fully saturated rings. The van der Waals surface area contributed by atoms with Crippen molar-refractivity contribution in [2.24, 2.45) is 0 Å². The number of hydrogen-bond acceptors (Lipinski definition) is 3. The average molecular weight is 382 g/mol. The zero-order valence-corrected chi connectivity index (χ0v) is 14.7. The first kappa shape index (κ1) is 19.8. The summed E-state index contributed by atoms with van der Waals surface area (Å²) in [5, 5.41) is 8.43. The lowest BCUT2D eigenvalue weighted by Gasteiger charge is -2.14. The number of amides is 2. The first-order valence-corrected chi connectivity index (χ1v) is 8.23. The van der Waals surface area contributed by atoms with E-state index >= 15 is 0 Å². The maximum atomic E-state index is 13.1. The van der Waals surface area contributed by atoms with Crippen LogP contribution in [-0.2, 0) is 9.59 Å². The van der Waals surface area contributed by atoms with E-state index in [1.54, 1.807) is 12.1 Å². The number of rotatable bonds is 7. The van der Waals surface area contributed by atoms with Gasteiger partial charge in [0.2, 0.25) is 11.8 Å². The van der Waals surface area contributed by atoms with Crippen LogP contribution in [0.4, 0.5) is 14.5 Å². The fourth-order valence-electron chi connectivity index (χ4n) is 2.16. The van der Waals surface area contributed by atoms with E-state index in [0.29, 0.717) is 5.02 Å². The van der Waals surface area contributed by atoms with Crippen molar-refractivity contribution in [3.8, 4) is 0 Å². The van der Waals surface area contributed by atoms with Crippen LogP contribution in [0.1, 0.15) is 18.5 Å². The molecular weight excluding hydrogens is 364 g/mol. The fraction of sp³-hybridized carbons (Fsp3) is 0.222. The normalized spacial score (nSPS) is 11.7. The maximum Gasteiger partial charge on any atom is 0.243 e. The minimum Gasteiger partial charge on any atom is -0.346 e. The van der Waals surface area contributed by atoms with Gasteiger partial charge in [0.1, 0.15) is 0 Å². The molecule has 138 valence electrons. The highest BCUT2D eigenvalue weighted by Gasteiger charge is 2.10. The Labute approximate surface area is 154 Å². The SMILES string of the molecule is C[C@@H](NCC(=O)NCC(=O)Nc1ccc(F)c(F)c1)c1cccc(Cl)c1. The molecule has 0 aromatic heterocycles. The molecule has 0 radical (unpaired) electrons. The van der Waals surface area contributed by atoms with E-state index in [9.17, 15) is 18.4 Å². The van der Waals surface area contributed by atoms with Crippen LogP contribution < -0.4 is 16.0 Å². The number of benzene rings is 2. The molecule has 3 N–H and O–H groups in total. The quantitative estimate of drug-likeness (QED) is 0.690. The van der Waals surface area contributed by atoms with Crippen LogP contribution in [0.25, 0.3) is 0 Å². The summed E-state index contributed by atoms with van der Waals surface area (Å²) in [5.41, 5.74) is 1.04. The molecule has 0 saturated carbocycles. The highest BCUT2D eigenvalue weighted by Crippen LogP contribution is 2.17. The molecule has 0 bridgehead atoms. The molecule has 0 spiro atoms. The van der Waals surface area contributed by atoms with Crippen molar-refractivity contribution in [3.05, 3.63) is 64.7 Å². The van der Waals surface area contributed by atoms with Crippen LogP contribution >= 0.6 is 11.6 Å². The lowest BCUT2D eigenvalue weighted by molar-refractivity contribution is -0.123. The number of carbonyl (C=O) groups excluding carboxylic acids is 2. The molecule has 26 heavy (non-hydrogen) atoms. The Morgan fingerprint density at radius 2 is 1.81 bits per heavy atom. The third kappa shape index (κ3) is 6.09. The van der Waals surface area contributed by atoms with Gasteiger partial charge in [-0.1, -0.05) is 23.7 Å². The van der Waals surface area contributed by atoms with E-state index in [4.69, 9.17) is 11.6 Å². The summed E-state index contributed by atoms with van der Waals surface area (Å²) in [6.45, 7) is 1.60. The second-order valence-corrected chi connectivity index (χ2v) is 6.05. The summed E-state index contributed by atoms with van der Waals surface area (Å²) in [5.74, 6) is -2.99. The van der Waals surface area contributed by atoms with Crippen LogP contribution in [0.2, 0.25) is 5.02 Å². The van der Waals surface area contributed by atoms with Gasteiger partial charge in [0.15, 0.2) is 11.6 Å². The topological polar surface area (TPSA) is 70.2 Å². The molecular formula is C18H18ClF2N3O2. The summed E-state index contributed by atoms with van der Waals surface area (Å²) in [6.07, 6.45) is 0. The highest BCUT2D eigenvalue weighted by molar-refractivity contribution is 6.30. The predicted octanol–water partition coefficient (Wildman–Crippen LogP) is 3.02. The molecule has 0 heterocycles. The number of carbonyl (C=O) groups is 2. The van der Waals surface area contributed by atoms with Gasteiger partial charge in [-0.15, -0.1) is 0 Å². The van der Waals surface area contributed by atoms with E-state index in [1.165, 1.54) is 6.07 Å². The molecule has 5 nitrogen and oxygen atoms in total. The predicted molar refractivity (Wildman–Crippen MR) is 95.9 cm³/mol. The van der Waals surface area contributed by atoms with Crippen LogP contribution in [0.5, 0.6) is 0 Å². The van der Waals surface area contributed by atoms with E-state index < -0.39 is 17.5 Å². The molecule has 0 aliphatic heterocycles. The van der Waals surface area contributed by atoms with Gasteiger partial charge >= 0.3 is 0 Å². The summed E-state index contributed by atoms with van der Waals surface area (Å²) >= 11 is 5.93. The smallest absolute Gasteiger partial charge is 0.243 e. The van der Waals surface area contributed by atoms with Crippen LogP contribution in [0.15, 0.2) is 42.5 Å². The summed E-state index contributed by atoms with van der Waals surface area (Å²) in [4.78, 5) is 23.5. The van der Waals surface area contributed by atoms with Gasteiger partial charge in [-0.25, -0.2) is 8.78 Å². The molecule has 0 aliphatic carbocycles. The van der Waals surface area contributed by atoms with Gasteiger partial charge in [-0.3, -0.25) is 9.59 Å². The third-order valence-corrected chi connectivity index (χ3v) is 3.80. The number of nitrogens with one attached hydrogen (secondary N) is 3. The Balaban J connectivity index is 1.74. The minimum absolute atomic E-state index is 0.00609. The molecule has 2 aromatic rings.